The van der Waals surface area contributed by atoms with Gasteiger partial charge in [0.15, 0.2) is 0 Å². The first kappa shape index (κ1) is 10.7. The van der Waals surface area contributed by atoms with Crippen LogP contribution in [-0.4, -0.2) is 13.1 Å². The number of nitrogens with one attached hydrogen (secondary N) is 1. The van der Waals surface area contributed by atoms with Crippen molar-refractivity contribution in [1.82, 2.24) is 5.32 Å². The third kappa shape index (κ3) is 2.60. The maximum Gasteiger partial charge on any atom is 0.0121 e. The van der Waals surface area contributed by atoms with E-state index in [1.807, 2.05) is 0 Å². The van der Waals surface area contributed by atoms with Crippen LogP contribution in [0.15, 0.2) is 30.3 Å². The summed E-state index contributed by atoms with van der Waals surface area (Å²) >= 11 is 0. The molecule has 2 rings (SSSR count). The molecule has 0 spiro atoms. The monoisotopic (exact) mass is 203 g/mol. The van der Waals surface area contributed by atoms with Gasteiger partial charge in [-0.05, 0) is 43.7 Å². The topological polar surface area (TPSA) is 12.0 Å². The minimum atomic E-state index is 0.587. The molecule has 0 radical (unpaired) electrons. The van der Waals surface area contributed by atoms with E-state index in [1.165, 1.54) is 31.2 Å². The highest BCUT2D eigenvalue weighted by Gasteiger charge is 2.43. The molecule has 1 aromatic carbocycles. The number of hydrogen-bond donors (Lipinski definition) is 1. The fourth-order valence-electron chi connectivity index (χ4n) is 2.34. The summed E-state index contributed by atoms with van der Waals surface area (Å²) in [6, 6.07) is 11.5. The summed E-state index contributed by atoms with van der Waals surface area (Å²) in [6.45, 7) is 2.40. The first-order chi connectivity index (χ1) is 7.24. The van der Waals surface area contributed by atoms with Crippen LogP contribution in [0.25, 0.3) is 0 Å². The second kappa shape index (κ2) is 4.36. The molecular weight excluding hydrogens is 182 g/mol. The summed E-state index contributed by atoms with van der Waals surface area (Å²) in [5.41, 5.74) is 2.05. The Morgan fingerprint density at radius 3 is 2.47 bits per heavy atom. The highest BCUT2D eigenvalue weighted by molar-refractivity contribution is 5.15. The zero-order valence-electron chi connectivity index (χ0n) is 9.79. The lowest BCUT2D eigenvalue weighted by Crippen LogP contribution is -2.33. The molecule has 1 heteroatoms. The highest BCUT2D eigenvalue weighted by Crippen LogP contribution is 2.49. The molecule has 1 atom stereocenters. The van der Waals surface area contributed by atoms with Crippen molar-refractivity contribution >= 4 is 0 Å². The lowest BCUT2D eigenvalue weighted by atomic mass is 9.93. The summed E-state index contributed by atoms with van der Waals surface area (Å²) in [5, 5.41) is 3.47. The van der Waals surface area contributed by atoms with Crippen LogP contribution >= 0.6 is 0 Å². The van der Waals surface area contributed by atoms with Gasteiger partial charge in [-0.1, -0.05) is 37.3 Å². The molecule has 1 unspecified atom stereocenters. The van der Waals surface area contributed by atoms with Gasteiger partial charge in [0.05, 0.1) is 0 Å². The molecule has 0 amide bonds. The molecule has 1 N–H and O–H groups in total. The Balaban J connectivity index is 1.87. The van der Waals surface area contributed by atoms with Crippen molar-refractivity contribution in [3.05, 3.63) is 35.9 Å². The normalized spacial score (nSPS) is 19.9. The predicted octanol–water partition coefficient (Wildman–Crippen LogP) is 3.01. The molecule has 1 aliphatic rings. The van der Waals surface area contributed by atoms with Crippen LogP contribution in [0.2, 0.25) is 0 Å². The Bertz CT molecular complexity index is 300. The van der Waals surface area contributed by atoms with Crippen molar-refractivity contribution < 1.29 is 0 Å². The van der Waals surface area contributed by atoms with E-state index in [1.54, 1.807) is 0 Å². The van der Waals surface area contributed by atoms with E-state index >= 15 is 0 Å². The molecule has 0 bridgehead atoms. The third-order valence-corrected chi connectivity index (χ3v) is 3.79. The van der Waals surface area contributed by atoms with Gasteiger partial charge in [0.1, 0.15) is 0 Å². The van der Waals surface area contributed by atoms with Gasteiger partial charge in [0.2, 0.25) is 0 Å². The highest BCUT2D eigenvalue weighted by atomic mass is 14.9. The number of benzene rings is 1. The van der Waals surface area contributed by atoms with E-state index in [9.17, 15) is 0 Å². The second-order valence-corrected chi connectivity index (χ2v) is 5.02. The Kier molecular flexibility index (Phi) is 3.11. The molecule has 1 aliphatic carbocycles. The molecule has 0 aliphatic heterocycles. The van der Waals surface area contributed by atoms with Crippen LogP contribution in [0.1, 0.15) is 31.7 Å². The van der Waals surface area contributed by atoms with Gasteiger partial charge in [-0.2, -0.15) is 0 Å². The third-order valence-electron chi connectivity index (χ3n) is 3.79. The average Bonchev–Trinajstić information content (AvgIpc) is 3.00. The average molecular weight is 203 g/mol. The van der Waals surface area contributed by atoms with Gasteiger partial charge in [-0.15, -0.1) is 0 Å². The Morgan fingerprint density at radius 2 is 1.93 bits per heavy atom. The molecule has 1 saturated carbocycles. The number of aryl methyl sites for hydroxylation is 1. The number of rotatable bonds is 5. The lowest BCUT2D eigenvalue weighted by Gasteiger charge is -2.22. The summed E-state index contributed by atoms with van der Waals surface area (Å²) in [4.78, 5) is 0. The van der Waals surface area contributed by atoms with Crippen LogP contribution in [0.3, 0.4) is 0 Å². The maximum atomic E-state index is 3.47. The Labute approximate surface area is 92.9 Å². The van der Waals surface area contributed by atoms with E-state index in [-0.39, 0.29) is 0 Å². The first-order valence-electron chi connectivity index (χ1n) is 5.96. The van der Waals surface area contributed by atoms with Gasteiger partial charge in [-0.25, -0.2) is 0 Å². The minimum absolute atomic E-state index is 0.587. The second-order valence-electron chi connectivity index (χ2n) is 5.02. The molecule has 0 aromatic heterocycles. The maximum absolute atomic E-state index is 3.47. The van der Waals surface area contributed by atoms with Gasteiger partial charge in [0.25, 0.3) is 0 Å². The fraction of sp³-hybridized carbons (Fsp3) is 0.571. The summed E-state index contributed by atoms with van der Waals surface area (Å²) in [7, 11) is 2.10. The van der Waals surface area contributed by atoms with E-state index in [4.69, 9.17) is 0 Å². The lowest BCUT2D eigenvalue weighted by molar-refractivity contribution is 0.358. The predicted molar refractivity (Wildman–Crippen MR) is 65.0 cm³/mol. The molecule has 82 valence electrons. The van der Waals surface area contributed by atoms with Gasteiger partial charge < -0.3 is 5.32 Å². The van der Waals surface area contributed by atoms with E-state index in [0.717, 1.165) is 0 Å². The van der Waals surface area contributed by atoms with Crippen molar-refractivity contribution in [2.24, 2.45) is 5.41 Å². The van der Waals surface area contributed by atoms with Crippen molar-refractivity contribution in [3.8, 4) is 0 Å². The minimum Gasteiger partial charge on any atom is -0.316 e. The summed E-state index contributed by atoms with van der Waals surface area (Å²) in [6.07, 6.45) is 5.25. The summed E-state index contributed by atoms with van der Waals surface area (Å²) < 4.78 is 0. The van der Waals surface area contributed by atoms with E-state index in [0.29, 0.717) is 11.5 Å². The number of hydrogen-bond acceptors (Lipinski definition) is 1. The van der Waals surface area contributed by atoms with Crippen molar-refractivity contribution in [2.75, 3.05) is 7.05 Å². The van der Waals surface area contributed by atoms with Crippen LogP contribution < -0.4 is 5.32 Å². The molecule has 15 heavy (non-hydrogen) atoms. The smallest absolute Gasteiger partial charge is 0.0121 e. The quantitative estimate of drug-likeness (QED) is 0.775. The Hall–Kier alpha value is -0.820. The molecule has 1 nitrogen and oxygen atoms in total. The molecule has 1 fully saturated rings. The molecule has 0 heterocycles. The van der Waals surface area contributed by atoms with Crippen LogP contribution in [0.5, 0.6) is 0 Å². The van der Waals surface area contributed by atoms with Crippen LogP contribution in [0, 0.1) is 5.41 Å². The van der Waals surface area contributed by atoms with Crippen LogP contribution in [0.4, 0.5) is 0 Å². The zero-order valence-corrected chi connectivity index (χ0v) is 9.79. The van der Waals surface area contributed by atoms with E-state index < -0.39 is 0 Å². The van der Waals surface area contributed by atoms with Gasteiger partial charge in [0, 0.05) is 6.04 Å². The van der Waals surface area contributed by atoms with E-state index in [2.05, 4.69) is 49.6 Å². The summed E-state index contributed by atoms with van der Waals surface area (Å²) in [5.74, 6) is 0. The standard InChI is InChI=1S/C14H21N/c1-14(10-11-14)13(15-2)9-8-12-6-4-3-5-7-12/h3-7,13,15H,8-11H2,1-2H3. The molecule has 1 aromatic rings. The zero-order chi connectivity index (χ0) is 10.7. The fourth-order valence-corrected chi connectivity index (χ4v) is 2.34. The van der Waals surface area contributed by atoms with Gasteiger partial charge in [-0.3, -0.25) is 0 Å². The van der Waals surface area contributed by atoms with Gasteiger partial charge >= 0.3 is 0 Å². The SMILES string of the molecule is CNC(CCc1ccccc1)C1(C)CC1. The first-order valence-corrected chi connectivity index (χ1v) is 5.96. The largest absolute Gasteiger partial charge is 0.316 e. The van der Waals surface area contributed by atoms with Crippen molar-refractivity contribution in [1.29, 1.82) is 0 Å². The molecular formula is C14H21N. The van der Waals surface area contributed by atoms with Crippen molar-refractivity contribution in [3.63, 3.8) is 0 Å². The van der Waals surface area contributed by atoms with Crippen LogP contribution in [-0.2, 0) is 6.42 Å². The van der Waals surface area contributed by atoms with Crippen molar-refractivity contribution in [2.45, 2.75) is 38.6 Å². The molecule has 0 saturated heterocycles. The Morgan fingerprint density at radius 1 is 1.27 bits per heavy atom.